The van der Waals surface area contributed by atoms with Gasteiger partial charge in [0.1, 0.15) is 0 Å². The Hall–Kier alpha value is -1.13. The predicted octanol–water partition coefficient (Wildman–Crippen LogP) is 3.31. The molecule has 0 unspecified atom stereocenters. The number of aliphatic hydroxyl groups excluding tert-OH is 1. The summed E-state index contributed by atoms with van der Waals surface area (Å²) < 4.78 is 2.91. The highest BCUT2D eigenvalue weighted by molar-refractivity contribution is 9.10. The van der Waals surface area contributed by atoms with Gasteiger partial charge in [-0.1, -0.05) is 28.9 Å². The molecule has 0 fully saturated rings. The van der Waals surface area contributed by atoms with Gasteiger partial charge in [0.15, 0.2) is 0 Å². The van der Waals surface area contributed by atoms with E-state index >= 15 is 0 Å². The fourth-order valence-electron chi connectivity index (χ4n) is 2.29. The van der Waals surface area contributed by atoms with Gasteiger partial charge in [-0.15, -0.1) is 0 Å². The molecule has 0 saturated carbocycles. The normalized spacial score (nSPS) is 10.9. The molecule has 0 atom stereocenters. The standard InChI is InChI=1S/C14H17BrN2O/c1-4-13-9(2)16-17(10(13)3)14-7-12(15)6-5-11(14)8-18/h5-7,18H,4,8H2,1-3H3. The molecule has 0 saturated heterocycles. The van der Waals surface area contributed by atoms with Gasteiger partial charge >= 0.3 is 0 Å². The van der Waals surface area contributed by atoms with Gasteiger partial charge in [-0.25, -0.2) is 4.68 Å². The van der Waals surface area contributed by atoms with Crippen LogP contribution in [0.25, 0.3) is 5.69 Å². The zero-order chi connectivity index (χ0) is 13.3. The largest absolute Gasteiger partial charge is 0.392 e. The van der Waals surface area contributed by atoms with Gasteiger partial charge in [-0.2, -0.15) is 5.10 Å². The summed E-state index contributed by atoms with van der Waals surface area (Å²) in [6.07, 6.45) is 0.972. The topological polar surface area (TPSA) is 38.0 Å². The SMILES string of the molecule is CCc1c(C)nn(-c2cc(Br)ccc2CO)c1C. The molecule has 0 aliphatic rings. The maximum absolute atomic E-state index is 9.44. The third-order valence-corrected chi connectivity index (χ3v) is 3.73. The van der Waals surface area contributed by atoms with Gasteiger partial charge in [0, 0.05) is 15.7 Å². The summed E-state index contributed by atoms with van der Waals surface area (Å²) in [4.78, 5) is 0. The molecule has 1 aromatic heterocycles. The second-order valence-electron chi connectivity index (χ2n) is 4.35. The van der Waals surface area contributed by atoms with E-state index in [1.165, 1.54) is 5.56 Å². The quantitative estimate of drug-likeness (QED) is 0.944. The number of halogens is 1. The summed E-state index contributed by atoms with van der Waals surface area (Å²) in [6.45, 7) is 6.25. The first-order chi connectivity index (χ1) is 8.58. The Kier molecular flexibility index (Phi) is 3.88. The van der Waals surface area contributed by atoms with Crippen LogP contribution in [0, 0.1) is 13.8 Å². The van der Waals surface area contributed by atoms with Crippen molar-refractivity contribution in [2.75, 3.05) is 0 Å². The Morgan fingerprint density at radius 2 is 2.06 bits per heavy atom. The van der Waals surface area contributed by atoms with Gasteiger partial charge in [0.25, 0.3) is 0 Å². The molecule has 1 N–H and O–H groups in total. The Morgan fingerprint density at radius 3 is 2.61 bits per heavy atom. The van der Waals surface area contributed by atoms with Crippen molar-refractivity contribution in [3.63, 3.8) is 0 Å². The molecule has 1 aromatic carbocycles. The highest BCUT2D eigenvalue weighted by Crippen LogP contribution is 2.24. The minimum absolute atomic E-state index is 0.0163. The first kappa shape index (κ1) is 13.3. The molecule has 0 spiro atoms. The second-order valence-corrected chi connectivity index (χ2v) is 5.26. The third-order valence-electron chi connectivity index (χ3n) is 3.24. The van der Waals surface area contributed by atoms with Crippen LogP contribution in [0.1, 0.15) is 29.4 Å². The lowest BCUT2D eigenvalue weighted by Gasteiger charge is -2.10. The van der Waals surface area contributed by atoms with E-state index in [9.17, 15) is 5.11 Å². The van der Waals surface area contributed by atoms with E-state index in [1.807, 2.05) is 29.8 Å². The van der Waals surface area contributed by atoms with Crippen molar-refractivity contribution in [3.05, 3.63) is 45.2 Å². The maximum Gasteiger partial charge on any atom is 0.0715 e. The molecule has 1 heterocycles. The monoisotopic (exact) mass is 308 g/mol. The lowest BCUT2D eigenvalue weighted by Crippen LogP contribution is -2.04. The van der Waals surface area contributed by atoms with Crippen LogP contribution >= 0.6 is 15.9 Å². The smallest absolute Gasteiger partial charge is 0.0715 e. The molecule has 4 heteroatoms. The molecule has 0 radical (unpaired) electrons. The number of rotatable bonds is 3. The molecule has 2 aromatic rings. The lowest BCUT2D eigenvalue weighted by molar-refractivity contribution is 0.281. The summed E-state index contributed by atoms with van der Waals surface area (Å²) >= 11 is 3.47. The zero-order valence-electron chi connectivity index (χ0n) is 10.9. The Labute approximate surface area is 116 Å². The summed E-state index contributed by atoms with van der Waals surface area (Å²) in [6, 6.07) is 5.84. The van der Waals surface area contributed by atoms with Crippen molar-refractivity contribution in [1.82, 2.24) is 9.78 Å². The van der Waals surface area contributed by atoms with Crippen LogP contribution in [0.5, 0.6) is 0 Å². The molecule has 0 bridgehead atoms. The minimum atomic E-state index is 0.0163. The summed E-state index contributed by atoms with van der Waals surface area (Å²) in [5.41, 5.74) is 5.29. The highest BCUT2D eigenvalue weighted by atomic mass is 79.9. The lowest BCUT2D eigenvalue weighted by atomic mass is 10.1. The fourth-order valence-corrected chi connectivity index (χ4v) is 2.64. The maximum atomic E-state index is 9.44. The number of aryl methyl sites for hydroxylation is 1. The van der Waals surface area contributed by atoms with Crippen LogP contribution in [-0.4, -0.2) is 14.9 Å². The average Bonchev–Trinajstić information content (AvgIpc) is 2.64. The van der Waals surface area contributed by atoms with Crippen LogP contribution < -0.4 is 0 Å². The number of aliphatic hydroxyl groups is 1. The molecule has 0 aliphatic carbocycles. The van der Waals surface area contributed by atoms with E-state index in [-0.39, 0.29) is 6.61 Å². The van der Waals surface area contributed by atoms with Crippen LogP contribution in [0.4, 0.5) is 0 Å². The summed E-state index contributed by atoms with van der Waals surface area (Å²) in [5.74, 6) is 0. The molecular weight excluding hydrogens is 292 g/mol. The summed E-state index contributed by atoms with van der Waals surface area (Å²) in [7, 11) is 0. The average molecular weight is 309 g/mol. The molecule has 2 rings (SSSR count). The molecule has 0 aliphatic heterocycles. The van der Waals surface area contributed by atoms with Crippen LogP contribution in [-0.2, 0) is 13.0 Å². The minimum Gasteiger partial charge on any atom is -0.392 e. The molecule has 96 valence electrons. The van der Waals surface area contributed by atoms with Crippen molar-refractivity contribution < 1.29 is 5.11 Å². The number of nitrogens with zero attached hydrogens (tertiary/aromatic N) is 2. The van der Waals surface area contributed by atoms with E-state index in [0.29, 0.717) is 0 Å². The van der Waals surface area contributed by atoms with E-state index in [2.05, 4.69) is 34.9 Å². The summed E-state index contributed by atoms with van der Waals surface area (Å²) in [5, 5.41) is 14.0. The molecular formula is C14H17BrN2O. The van der Waals surface area contributed by atoms with Crippen LogP contribution in [0.3, 0.4) is 0 Å². The van der Waals surface area contributed by atoms with Gasteiger partial charge in [0.05, 0.1) is 18.0 Å². The van der Waals surface area contributed by atoms with Crippen molar-refractivity contribution in [2.45, 2.75) is 33.8 Å². The van der Waals surface area contributed by atoms with E-state index in [4.69, 9.17) is 0 Å². The predicted molar refractivity (Wildman–Crippen MR) is 76.0 cm³/mol. The van der Waals surface area contributed by atoms with Gasteiger partial charge in [0.2, 0.25) is 0 Å². The first-order valence-corrected chi connectivity index (χ1v) is 6.82. The molecule has 18 heavy (non-hydrogen) atoms. The van der Waals surface area contributed by atoms with E-state index in [0.717, 1.165) is 33.5 Å². The Bertz CT molecular complexity index is 575. The van der Waals surface area contributed by atoms with E-state index < -0.39 is 0 Å². The number of aromatic nitrogens is 2. The van der Waals surface area contributed by atoms with Crippen molar-refractivity contribution in [2.24, 2.45) is 0 Å². The van der Waals surface area contributed by atoms with Crippen molar-refractivity contribution >= 4 is 15.9 Å². The zero-order valence-corrected chi connectivity index (χ0v) is 12.5. The van der Waals surface area contributed by atoms with Crippen LogP contribution in [0.15, 0.2) is 22.7 Å². The number of hydrogen-bond donors (Lipinski definition) is 1. The van der Waals surface area contributed by atoms with Crippen LogP contribution in [0.2, 0.25) is 0 Å². The Balaban J connectivity index is 2.65. The van der Waals surface area contributed by atoms with Crippen molar-refractivity contribution in [1.29, 1.82) is 0 Å². The molecule has 3 nitrogen and oxygen atoms in total. The third kappa shape index (κ3) is 2.22. The Morgan fingerprint density at radius 1 is 1.33 bits per heavy atom. The van der Waals surface area contributed by atoms with Gasteiger partial charge < -0.3 is 5.11 Å². The van der Waals surface area contributed by atoms with E-state index in [1.54, 1.807) is 0 Å². The number of hydrogen-bond acceptors (Lipinski definition) is 2. The first-order valence-electron chi connectivity index (χ1n) is 6.03. The fraction of sp³-hybridized carbons (Fsp3) is 0.357. The highest BCUT2D eigenvalue weighted by Gasteiger charge is 2.13. The number of benzene rings is 1. The van der Waals surface area contributed by atoms with Gasteiger partial charge in [-0.3, -0.25) is 0 Å². The van der Waals surface area contributed by atoms with Gasteiger partial charge in [-0.05, 0) is 38.0 Å². The molecule has 0 amide bonds. The second kappa shape index (κ2) is 5.24. The van der Waals surface area contributed by atoms with Crippen molar-refractivity contribution in [3.8, 4) is 5.69 Å².